The van der Waals surface area contributed by atoms with Gasteiger partial charge in [0.25, 0.3) is 0 Å². The number of ketones is 2. The van der Waals surface area contributed by atoms with Crippen LogP contribution in [0.25, 0.3) is 0 Å². The van der Waals surface area contributed by atoms with Gasteiger partial charge in [-0.05, 0) is 13.8 Å². The van der Waals surface area contributed by atoms with E-state index in [1.54, 1.807) is 6.92 Å². The van der Waals surface area contributed by atoms with E-state index < -0.39 is 13.3 Å². The average Bonchev–Trinajstić information content (AvgIpc) is 1.99. The molecule has 0 aromatic heterocycles. The molecule has 0 aromatic rings. The SMILES string of the molecule is CCP(=O)(O)CC(C(C)=O)C(C)=O. The number of carbonyl (C=O) groups excluding carboxylic acids is 2. The van der Waals surface area contributed by atoms with Gasteiger partial charge in [0.15, 0.2) is 0 Å². The number of hydrogen-bond donors (Lipinski definition) is 1. The first-order valence-electron chi connectivity index (χ1n) is 4.12. The van der Waals surface area contributed by atoms with Crippen LogP contribution < -0.4 is 0 Å². The van der Waals surface area contributed by atoms with Gasteiger partial charge in [-0.15, -0.1) is 0 Å². The van der Waals surface area contributed by atoms with Crippen LogP contribution in [0, 0.1) is 5.92 Å². The Balaban J connectivity index is 4.54. The predicted molar refractivity (Wildman–Crippen MR) is 50.1 cm³/mol. The van der Waals surface area contributed by atoms with E-state index in [4.69, 9.17) is 0 Å². The van der Waals surface area contributed by atoms with Gasteiger partial charge in [-0.25, -0.2) is 0 Å². The Morgan fingerprint density at radius 2 is 1.69 bits per heavy atom. The van der Waals surface area contributed by atoms with Crippen molar-refractivity contribution < 1.29 is 19.0 Å². The van der Waals surface area contributed by atoms with Gasteiger partial charge < -0.3 is 4.89 Å². The van der Waals surface area contributed by atoms with Crippen LogP contribution in [0.3, 0.4) is 0 Å². The molecule has 0 fully saturated rings. The van der Waals surface area contributed by atoms with Gasteiger partial charge >= 0.3 is 0 Å². The zero-order valence-electron chi connectivity index (χ0n) is 8.11. The minimum absolute atomic E-state index is 0.101. The van der Waals surface area contributed by atoms with E-state index in [2.05, 4.69) is 0 Å². The minimum Gasteiger partial charge on any atom is -0.344 e. The molecule has 0 aliphatic rings. The summed E-state index contributed by atoms with van der Waals surface area (Å²) in [4.78, 5) is 31.1. The van der Waals surface area contributed by atoms with Crippen molar-refractivity contribution in [3.63, 3.8) is 0 Å². The summed E-state index contributed by atoms with van der Waals surface area (Å²) < 4.78 is 11.3. The summed E-state index contributed by atoms with van der Waals surface area (Å²) in [6, 6.07) is 0. The highest BCUT2D eigenvalue weighted by molar-refractivity contribution is 7.58. The number of rotatable bonds is 5. The molecule has 1 atom stereocenters. The number of carbonyl (C=O) groups is 2. The zero-order chi connectivity index (χ0) is 10.6. The summed E-state index contributed by atoms with van der Waals surface area (Å²) in [6.07, 6.45) is -0.113. The van der Waals surface area contributed by atoms with Crippen LogP contribution >= 0.6 is 7.37 Å². The van der Waals surface area contributed by atoms with Gasteiger partial charge in [0.05, 0.1) is 5.92 Å². The lowest BCUT2D eigenvalue weighted by molar-refractivity contribution is -0.129. The fraction of sp³-hybridized carbons (Fsp3) is 0.750. The topological polar surface area (TPSA) is 71.4 Å². The molecule has 5 heteroatoms. The highest BCUT2D eigenvalue weighted by Crippen LogP contribution is 2.42. The van der Waals surface area contributed by atoms with Gasteiger partial charge in [0.1, 0.15) is 11.6 Å². The molecule has 13 heavy (non-hydrogen) atoms. The molecule has 0 spiro atoms. The molecule has 0 rings (SSSR count). The van der Waals surface area contributed by atoms with E-state index in [1.807, 2.05) is 0 Å². The standard InChI is InChI=1S/C8H15O4P/c1-4-13(11,12)5-8(6(2)9)7(3)10/h8H,4-5H2,1-3H3,(H,11,12). The monoisotopic (exact) mass is 206 g/mol. The molecular formula is C8H15O4P. The molecule has 4 nitrogen and oxygen atoms in total. The van der Waals surface area contributed by atoms with Crippen molar-refractivity contribution >= 4 is 18.9 Å². The third-order valence-corrected chi connectivity index (χ3v) is 3.87. The highest BCUT2D eigenvalue weighted by atomic mass is 31.2. The van der Waals surface area contributed by atoms with Crippen molar-refractivity contribution in [2.75, 3.05) is 12.3 Å². The molecule has 0 aromatic carbocycles. The molecule has 0 bridgehead atoms. The first kappa shape index (κ1) is 12.5. The van der Waals surface area contributed by atoms with Crippen molar-refractivity contribution in [3.8, 4) is 0 Å². The zero-order valence-corrected chi connectivity index (χ0v) is 9.01. The number of Topliss-reactive ketones (excluding diaryl/α,β-unsaturated/α-hetero) is 2. The lowest BCUT2D eigenvalue weighted by Gasteiger charge is -2.14. The van der Waals surface area contributed by atoms with Crippen LogP contribution in [0.5, 0.6) is 0 Å². The van der Waals surface area contributed by atoms with Gasteiger partial charge in [0.2, 0.25) is 7.37 Å². The first-order chi connectivity index (χ1) is 5.80. The van der Waals surface area contributed by atoms with E-state index in [0.717, 1.165) is 0 Å². The van der Waals surface area contributed by atoms with Crippen LogP contribution in [-0.2, 0) is 14.2 Å². The summed E-state index contributed by atoms with van der Waals surface area (Å²) in [7, 11) is -3.28. The van der Waals surface area contributed by atoms with E-state index in [-0.39, 0.29) is 23.9 Å². The second kappa shape index (κ2) is 4.68. The minimum atomic E-state index is -3.28. The maximum Gasteiger partial charge on any atom is 0.201 e. The smallest absolute Gasteiger partial charge is 0.201 e. The van der Waals surface area contributed by atoms with Crippen molar-refractivity contribution in [1.82, 2.24) is 0 Å². The molecule has 0 amide bonds. The average molecular weight is 206 g/mol. The molecule has 0 aliphatic heterocycles. The van der Waals surface area contributed by atoms with E-state index in [0.29, 0.717) is 0 Å². The van der Waals surface area contributed by atoms with Crippen LogP contribution in [0.2, 0.25) is 0 Å². The molecule has 0 saturated carbocycles. The van der Waals surface area contributed by atoms with Crippen LogP contribution in [0.4, 0.5) is 0 Å². The Bertz CT molecular complexity index is 245. The molecule has 0 radical (unpaired) electrons. The Kier molecular flexibility index (Phi) is 4.51. The second-order valence-electron chi connectivity index (χ2n) is 3.12. The third kappa shape index (κ3) is 4.34. The Morgan fingerprint density at radius 3 is 1.92 bits per heavy atom. The molecule has 76 valence electrons. The lowest BCUT2D eigenvalue weighted by Crippen LogP contribution is -2.23. The van der Waals surface area contributed by atoms with Crippen molar-refractivity contribution in [1.29, 1.82) is 0 Å². The predicted octanol–water partition coefficient (Wildman–Crippen LogP) is 1.07. The first-order valence-corrected chi connectivity index (χ1v) is 6.15. The van der Waals surface area contributed by atoms with Crippen LogP contribution in [0.1, 0.15) is 20.8 Å². The van der Waals surface area contributed by atoms with Crippen LogP contribution in [-0.4, -0.2) is 28.8 Å². The highest BCUT2D eigenvalue weighted by Gasteiger charge is 2.28. The summed E-state index contributed by atoms with van der Waals surface area (Å²) >= 11 is 0. The Hall–Kier alpha value is -0.470. The summed E-state index contributed by atoms with van der Waals surface area (Å²) in [5.41, 5.74) is 0. The Morgan fingerprint density at radius 1 is 1.31 bits per heavy atom. The summed E-state index contributed by atoms with van der Waals surface area (Å²) in [5.74, 6) is -1.58. The Labute approximate surface area is 77.8 Å². The summed E-state index contributed by atoms with van der Waals surface area (Å²) in [6.45, 7) is 4.10. The molecule has 1 N–H and O–H groups in total. The molecule has 0 saturated heterocycles. The molecule has 0 heterocycles. The maximum atomic E-state index is 11.3. The fourth-order valence-electron chi connectivity index (χ4n) is 0.958. The molecule has 1 unspecified atom stereocenters. The van der Waals surface area contributed by atoms with Gasteiger partial charge in [-0.2, -0.15) is 0 Å². The van der Waals surface area contributed by atoms with Crippen molar-refractivity contribution in [3.05, 3.63) is 0 Å². The second-order valence-corrected chi connectivity index (χ2v) is 5.81. The summed E-state index contributed by atoms with van der Waals surface area (Å²) in [5, 5.41) is 0. The van der Waals surface area contributed by atoms with Gasteiger partial charge in [0, 0.05) is 12.3 Å². The van der Waals surface area contributed by atoms with Crippen LogP contribution in [0.15, 0.2) is 0 Å². The van der Waals surface area contributed by atoms with E-state index in [9.17, 15) is 19.0 Å². The number of hydrogen-bond acceptors (Lipinski definition) is 3. The van der Waals surface area contributed by atoms with E-state index >= 15 is 0 Å². The van der Waals surface area contributed by atoms with Gasteiger partial charge in [-0.3, -0.25) is 14.2 Å². The van der Waals surface area contributed by atoms with Gasteiger partial charge in [-0.1, -0.05) is 6.92 Å². The largest absolute Gasteiger partial charge is 0.344 e. The fourth-order valence-corrected chi connectivity index (χ4v) is 2.30. The van der Waals surface area contributed by atoms with Crippen molar-refractivity contribution in [2.45, 2.75) is 20.8 Å². The normalized spacial score (nSPS) is 15.5. The molecular weight excluding hydrogens is 191 g/mol. The van der Waals surface area contributed by atoms with E-state index in [1.165, 1.54) is 13.8 Å². The quantitative estimate of drug-likeness (QED) is 0.539. The maximum absolute atomic E-state index is 11.3. The molecule has 0 aliphatic carbocycles. The lowest BCUT2D eigenvalue weighted by atomic mass is 10.0. The van der Waals surface area contributed by atoms with Crippen molar-refractivity contribution in [2.24, 2.45) is 5.92 Å². The third-order valence-electron chi connectivity index (χ3n) is 1.94.